The quantitative estimate of drug-likeness (QED) is 0.903. The van der Waals surface area contributed by atoms with Crippen LogP contribution >= 0.6 is 0 Å². The summed E-state index contributed by atoms with van der Waals surface area (Å²) in [4.78, 5) is 2.29. The fourth-order valence-electron chi connectivity index (χ4n) is 3.19. The van der Waals surface area contributed by atoms with Crippen LogP contribution in [-0.4, -0.2) is 41.8 Å². The normalized spacial score (nSPS) is 23.5. The molecule has 0 bridgehead atoms. The van der Waals surface area contributed by atoms with Gasteiger partial charge >= 0.3 is 0 Å². The Hall–Kier alpha value is -1.06. The lowest BCUT2D eigenvalue weighted by atomic mass is 9.95. The van der Waals surface area contributed by atoms with Crippen molar-refractivity contribution >= 4 is 0 Å². The molecule has 1 aromatic carbocycles. The Morgan fingerprint density at radius 2 is 2.14 bits per heavy atom. The molecule has 3 nitrogen and oxygen atoms in total. The van der Waals surface area contributed by atoms with Gasteiger partial charge in [0.05, 0.1) is 5.60 Å². The minimum Gasteiger partial charge on any atom is -0.492 e. The van der Waals surface area contributed by atoms with Crippen LogP contribution in [0.25, 0.3) is 0 Å². The number of β-amino-alcohol motifs (C(OH)–C–C–N with tert-alkyl or cyclic N) is 1. The maximum absolute atomic E-state index is 10.1. The summed E-state index contributed by atoms with van der Waals surface area (Å²) in [6.45, 7) is 11.9. The number of aliphatic hydroxyl groups is 1. The molecule has 1 unspecified atom stereocenters. The zero-order chi connectivity index (χ0) is 15.5. The predicted molar refractivity (Wildman–Crippen MR) is 87.1 cm³/mol. The fraction of sp³-hybridized carbons (Fsp3) is 0.667. The van der Waals surface area contributed by atoms with E-state index >= 15 is 0 Å². The smallest absolute Gasteiger partial charge is 0.119 e. The molecule has 1 N–H and O–H groups in total. The second kappa shape index (κ2) is 6.80. The van der Waals surface area contributed by atoms with Crippen molar-refractivity contribution < 1.29 is 9.84 Å². The maximum atomic E-state index is 10.1. The standard InChI is InChI=1S/C18H29NO2/c1-14(2)17-7-6-16(12-15(17)3)21-11-10-19-9-5-8-18(4,20)13-19/h6-7,12,14,20H,5,8-11,13H2,1-4H3. The van der Waals surface area contributed by atoms with E-state index in [9.17, 15) is 5.11 Å². The second-order valence-corrected chi connectivity index (χ2v) is 6.90. The van der Waals surface area contributed by atoms with Gasteiger partial charge in [-0.05, 0) is 62.4 Å². The van der Waals surface area contributed by atoms with E-state index in [-0.39, 0.29) is 0 Å². The molecule has 1 aliphatic heterocycles. The zero-order valence-corrected chi connectivity index (χ0v) is 13.9. The number of hydrogen-bond acceptors (Lipinski definition) is 3. The molecule has 1 aromatic rings. The lowest BCUT2D eigenvalue weighted by Gasteiger charge is -2.36. The van der Waals surface area contributed by atoms with E-state index in [2.05, 4.69) is 43.9 Å². The van der Waals surface area contributed by atoms with E-state index in [1.807, 2.05) is 6.92 Å². The third-order valence-electron chi connectivity index (χ3n) is 4.29. The first-order chi connectivity index (χ1) is 9.87. The van der Waals surface area contributed by atoms with Crippen LogP contribution in [0, 0.1) is 6.92 Å². The summed E-state index contributed by atoms with van der Waals surface area (Å²) in [6, 6.07) is 6.36. The summed E-state index contributed by atoms with van der Waals surface area (Å²) >= 11 is 0. The minimum absolute atomic E-state index is 0.534. The largest absolute Gasteiger partial charge is 0.492 e. The van der Waals surface area contributed by atoms with Crippen molar-refractivity contribution in [1.82, 2.24) is 4.90 Å². The molecule has 0 saturated carbocycles. The summed E-state index contributed by atoms with van der Waals surface area (Å²) in [5.41, 5.74) is 2.14. The molecule has 1 heterocycles. The van der Waals surface area contributed by atoms with Gasteiger partial charge in [0, 0.05) is 13.1 Å². The van der Waals surface area contributed by atoms with Crippen molar-refractivity contribution in [3.63, 3.8) is 0 Å². The van der Waals surface area contributed by atoms with Gasteiger partial charge in [0.1, 0.15) is 12.4 Å². The third kappa shape index (κ3) is 4.72. The van der Waals surface area contributed by atoms with E-state index in [0.29, 0.717) is 12.5 Å². The Labute approximate surface area is 128 Å². The summed E-state index contributed by atoms with van der Waals surface area (Å²) in [5.74, 6) is 1.50. The summed E-state index contributed by atoms with van der Waals surface area (Å²) < 4.78 is 5.87. The maximum Gasteiger partial charge on any atom is 0.119 e. The molecule has 1 fully saturated rings. The van der Waals surface area contributed by atoms with E-state index in [1.165, 1.54) is 11.1 Å². The fourth-order valence-corrected chi connectivity index (χ4v) is 3.19. The number of likely N-dealkylation sites (tertiary alicyclic amines) is 1. The monoisotopic (exact) mass is 291 g/mol. The van der Waals surface area contributed by atoms with E-state index in [1.54, 1.807) is 0 Å². The molecular formula is C18H29NO2. The van der Waals surface area contributed by atoms with Crippen molar-refractivity contribution in [1.29, 1.82) is 0 Å². The van der Waals surface area contributed by atoms with Crippen LogP contribution in [0.3, 0.4) is 0 Å². The molecule has 1 aliphatic rings. The molecule has 2 rings (SSSR count). The number of aryl methyl sites for hydroxylation is 1. The van der Waals surface area contributed by atoms with Gasteiger partial charge in [-0.15, -0.1) is 0 Å². The highest BCUT2D eigenvalue weighted by Gasteiger charge is 2.27. The molecule has 0 radical (unpaired) electrons. The van der Waals surface area contributed by atoms with Gasteiger partial charge in [-0.25, -0.2) is 0 Å². The van der Waals surface area contributed by atoms with Gasteiger partial charge in [-0.2, -0.15) is 0 Å². The third-order valence-corrected chi connectivity index (χ3v) is 4.29. The molecule has 1 atom stereocenters. The molecule has 0 aliphatic carbocycles. The van der Waals surface area contributed by atoms with Gasteiger partial charge in [-0.1, -0.05) is 19.9 Å². The van der Waals surface area contributed by atoms with Crippen LogP contribution in [0.1, 0.15) is 50.7 Å². The number of benzene rings is 1. The Bertz CT molecular complexity index is 468. The lowest BCUT2D eigenvalue weighted by Crippen LogP contribution is -2.47. The van der Waals surface area contributed by atoms with E-state index in [0.717, 1.165) is 38.2 Å². The summed E-state index contributed by atoms with van der Waals surface area (Å²) in [7, 11) is 0. The first-order valence-electron chi connectivity index (χ1n) is 8.05. The van der Waals surface area contributed by atoms with Crippen LogP contribution < -0.4 is 4.74 Å². The highest BCUT2D eigenvalue weighted by Crippen LogP contribution is 2.24. The number of piperidine rings is 1. The first kappa shape index (κ1) is 16.3. The average molecular weight is 291 g/mol. The number of ether oxygens (including phenoxy) is 1. The molecule has 118 valence electrons. The number of rotatable bonds is 5. The Morgan fingerprint density at radius 1 is 1.38 bits per heavy atom. The Kier molecular flexibility index (Phi) is 5.28. The number of nitrogens with zero attached hydrogens (tertiary/aromatic N) is 1. The predicted octanol–water partition coefficient (Wildman–Crippen LogP) is 3.34. The molecule has 21 heavy (non-hydrogen) atoms. The SMILES string of the molecule is Cc1cc(OCCN2CCCC(C)(O)C2)ccc1C(C)C. The highest BCUT2D eigenvalue weighted by atomic mass is 16.5. The molecular weight excluding hydrogens is 262 g/mol. The molecule has 1 saturated heterocycles. The zero-order valence-electron chi connectivity index (χ0n) is 13.9. The van der Waals surface area contributed by atoms with Crippen LogP contribution in [0.15, 0.2) is 18.2 Å². The minimum atomic E-state index is -0.534. The number of hydrogen-bond donors (Lipinski definition) is 1. The molecule has 0 amide bonds. The van der Waals surface area contributed by atoms with Gasteiger partial charge < -0.3 is 9.84 Å². The lowest BCUT2D eigenvalue weighted by molar-refractivity contribution is -0.0183. The average Bonchev–Trinajstić information content (AvgIpc) is 2.37. The molecule has 0 aromatic heterocycles. The first-order valence-corrected chi connectivity index (χ1v) is 8.05. The van der Waals surface area contributed by atoms with Gasteiger partial charge in [0.25, 0.3) is 0 Å². The van der Waals surface area contributed by atoms with Crippen molar-refractivity contribution in [3.05, 3.63) is 29.3 Å². The van der Waals surface area contributed by atoms with Crippen LogP contribution in [-0.2, 0) is 0 Å². The van der Waals surface area contributed by atoms with Gasteiger partial charge in [0.15, 0.2) is 0 Å². The molecule has 0 spiro atoms. The van der Waals surface area contributed by atoms with Crippen LogP contribution in [0.4, 0.5) is 0 Å². The van der Waals surface area contributed by atoms with E-state index in [4.69, 9.17) is 4.74 Å². The summed E-state index contributed by atoms with van der Waals surface area (Å²) in [6.07, 6.45) is 1.97. The van der Waals surface area contributed by atoms with Crippen molar-refractivity contribution in [2.45, 2.75) is 52.1 Å². The topological polar surface area (TPSA) is 32.7 Å². The summed E-state index contributed by atoms with van der Waals surface area (Å²) in [5, 5.41) is 10.1. The van der Waals surface area contributed by atoms with Gasteiger partial charge in [0.2, 0.25) is 0 Å². The van der Waals surface area contributed by atoms with Crippen molar-refractivity contribution in [2.75, 3.05) is 26.2 Å². The van der Waals surface area contributed by atoms with E-state index < -0.39 is 5.60 Å². The Morgan fingerprint density at radius 3 is 2.76 bits per heavy atom. The van der Waals surface area contributed by atoms with Crippen molar-refractivity contribution in [2.24, 2.45) is 0 Å². The molecule has 3 heteroatoms. The second-order valence-electron chi connectivity index (χ2n) is 6.90. The van der Waals surface area contributed by atoms with Crippen LogP contribution in [0.2, 0.25) is 0 Å². The Balaban J connectivity index is 1.82. The van der Waals surface area contributed by atoms with Crippen molar-refractivity contribution in [3.8, 4) is 5.75 Å². The van der Waals surface area contributed by atoms with Gasteiger partial charge in [-0.3, -0.25) is 4.90 Å². The highest BCUT2D eigenvalue weighted by molar-refractivity contribution is 5.36. The van der Waals surface area contributed by atoms with Crippen LogP contribution in [0.5, 0.6) is 5.75 Å².